The van der Waals surface area contributed by atoms with Crippen molar-refractivity contribution in [2.75, 3.05) is 6.54 Å². The molecule has 4 rings (SSSR count). The van der Waals surface area contributed by atoms with E-state index in [-0.39, 0.29) is 0 Å². The monoisotopic (exact) mass is 319 g/mol. The van der Waals surface area contributed by atoms with Gasteiger partial charge in [0.1, 0.15) is 23.2 Å². The lowest BCUT2D eigenvalue weighted by Gasteiger charge is -2.22. The summed E-state index contributed by atoms with van der Waals surface area (Å²) in [5.74, 6) is -1.02. The molecule has 0 spiro atoms. The Morgan fingerprint density at radius 1 is 1.22 bits per heavy atom. The van der Waals surface area contributed by atoms with Gasteiger partial charge in [-0.3, -0.25) is 4.79 Å². The quantitative estimate of drug-likeness (QED) is 0.871. The van der Waals surface area contributed by atoms with E-state index in [0.717, 1.165) is 31.4 Å². The Morgan fingerprint density at radius 3 is 2.65 bits per heavy atom. The molecule has 120 valence electrons. The standard InChI is InChI=1S/C16H15F2N3O2/c17-10-3-1-4-11(18)13(10)16(22)21-8-2-5-12(21)15-19-14(20-23-15)9-6-7-9/h1,3-4,9,12H,2,5-8H2. The molecule has 2 fully saturated rings. The second-order valence-electron chi connectivity index (χ2n) is 6.02. The van der Waals surface area contributed by atoms with Crippen molar-refractivity contribution in [2.45, 2.75) is 37.6 Å². The summed E-state index contributed by atoms with van der Waals surface area (Å²) < 4.78 is 33.0. The van der Waals surface area contributed by atoms with E-state index in [4.69, 9.17) is 4.52 Å². The highest BCUT2D eigenvalue weighted by Crippen LogP contribution is 2.40. The zero-order chi connectivity index (χ0) is 16.0. The molecular formula is C16H15F2N3O2. The summed E-state index contributed by atoms with van der Waals surface area (Å²) in [7, 11) is 0. The number of halogens is 2. The van der Waals surface area contributed by atoms with Crippen molar-refractivity contribution in [1.82, 2.24) is 15.0 Å². The first kappa shape index (κ1) is 14.3. The third kappa shape index (κ3) is 2.50. The molecule has 0 N–H and O–H groups in total. The number of nitrogens with zero attached hydrogens (tertiary/aromatic N) is 3. The topological polar surface area (TPSA) is 59.2 Å². The summed E-state index contributed by atoms with van der Waals surface area (Å²) in [5.41, 5.74) is -0.527. The van der Waals surface area contributed by atoms with E-state index in [1.54, 1.807) is 0 Å². The van der Waals surface area contributed by atoms with Crippen LogP contribution in [0.5, 0.6) is 0 Å². The highest BCUT2D eigenvalue weighted by atomic mass is 19.1. The van der Waals surface area contributed by atoms with Crippen LogP contribution in [0.3, 0.4) is 0 Å². The SMILES string of the molecule is O=C(c1c(F)cccc1F)N1CCCC1c1nc(C2CC2)no1. The lowest BCUT2D eigenvalue weighted by Crippen LogP contribution is -2.32. The molecule has 1 aromatic heterocycles. The van der Waals surface area contributed by atoms with Crippen LogP contribution in [-0.4, -0.2) is 27.5 Å². The first-order chi connectivity index (χ1) is 11.1. The van der Waals surface area contributed by atoms with Crippen LogP contribution in [0, 0.1) is 11.6 Å². The molecule has 2 aliphatic rings. The molecule has 5 nitrogen and oxygen atoms in total. The largest absolute Gasteiger partial charge is 0.337 e. The molecular weight excluding hydrogens is 304 g/mol. The van der Waals surface area contributed by atoms with Crippen molar-refractivity contribution in [3.63, 3.8) is 0 Å². The molecule has 1 saturated carbocycles. The maximum absolute atomic E-state index is 13.9. The van der Waals surface area contributed by atoms with E-state index >= 15 is 0 Å². The number of rotatable bonds is 3. The molecule has 1 aliphatic heterocycles. The van der Waals surface area contributed by atoms with Crippen LogP contribution in [0.15, 0.2) is 22.7 Å². The van der Waals surface area contributed by atoms with Crippen LogP contribution < -0.4 is 0 Å². The van der Waals surface area contributed by atoms with E-state index < -0.39 is 29.1 Å². The molecule has 0 bridgehead atoms. The summed E-state index contributed by atoms with van der Waals surface area (Å²) >= 11 is 0. The number of aromatic nitrogens is 2. The van der Waals surface area contributed by atoms with Crippen molar-refractivity contribution >= 4 is 5.91 Å². The van der Waals surface area contributed by atoms with E-state index in [1.807, 2.05) is 0 Å². The predicted molar refractivity (Wildman–Crippen MR) is 75.6 cm³/mol. The van der Waals surface area contributed by atoms with Crippen molar-refractivity contribution in [3.8, 4) is 0 Å². The molecule has 2 aromatic rings. The van der Waals surface area contributed by atoms with E-state index in [0.29, 0.717) is 30.6 Å². The second kappa shape index (κ2) is 5.40. The van der Waals surface area contributed by atoms with E-state index in [2.05, 4.69) is 10.1 Å². The lowest BCUT2D eigenvalue weighted by molar-refractivity contribution is 0.0700. The van der Waals surface area contributed by atoms with Crippen molar-refractivity contribution < 1.29 is 18.1 Å². The highest BCUT2D eigenvalue weighted by Gasteiger charge is 2.38. The number of hydrogen-bond donors (Lipinski definition) is 0. The van der Waals surface area contributed by atoms with Gasteiger partial charge in [-0.05, 0) is 37.8 Å². The Morgan fingerprint density at radius 2 is 1.96 bits per heavy atom. The normalized spacial score (nSPS) is 21.0. The van der Waals surface area contributed by atoms with Gasteiger partial charge in [0.25, 0.3) is 5.91 Å². The Labute approximate surface area is 131 Å². The fraction of sp³-hybridized carbons (Fsp3) is 0.438. The minimum absolute atomic E-state index is 0.349. The van der Waals surface area contributed by atoms with E-state index in [1.165, 1.54) is 11.0 Å². The summed E-state index contributed by atoms with van der Waals surface area (Å²) in [5, 5.41) is 3.95. The molecule has 7 heteroatoms. The smallest absolute Gasteiger partial charge is 0.260 e. The summed E-state index contributed by atoms with van der Waals surface area (Å²) in [6.45, 7) is 0.415. The number of carbonyl (C=O) groups is 1. The maximum Gasteiger partial charge on any atom is 0.260 e. The van der Waals surface area contributed by atoms with Gasteiger partial charge in [-0.1, -0.05) is 11.2 Å². The zero-order valence-electron chi connectivity index (χ0n) is 12.3. The zero-order valence-corrected chi connectivity index (χ0v) is 12.3. The molecule has 1 saturated heterocycles. The summed E-state index contributed by atoms with van der Waals surface area (Å²) in [4.78, 5) is 18.4. The van der Waals surface area contributed by atoms with Gasteiger partial charge in [0.2, 0.25) is 5.89 Å². The van der Waals surface area contributed by atoms with E-state index in [9.17, 15) is 13.6 Å². The summed E-state index contributed by atoms with van der Waals surface area (Å²) in [6, 6.07) is 2.99. The number of carbonyl (C=O) groups excluding carboxylic acids is 1. The minimum Gasteiger partial charge on any atom is -0.337 e. The minimum atomic E-state index is -0.857. The van der Waals surface area contributed by atoms with Gasteiger partial charge in [0.05, 0.1) is 0 Å². The molecule has 1 amide bonds. The maximum atomic E-state index is 13.9. The molecule has 23 heavy (non-hydrogen) atoms. The van der Waals surface area contributed by atoms with Crippen molar-refractivity contribution in [3.05, 3.63) is 47.1 Å². The first-order valence-electron chi connectivity index (χ1n) is 7.73. The van der Waals surface area contributed by atoms with Crippen LogP contribution in [0.2, 0.25) is 0 Å². The van der Waals surface area contributed by atoms with Crippen LogP contribution >= 0.6 is 0 Å². The van der Waals surface area contributed by atoms with Crippen LogP contribution in [0.4, 0.5) is 8.78 Å². The predicted octanol–water partition coefficient (Wildman–Crippen LogP) is 3.20. The molecule has 1 atom stereocenters. The highest BCUT2D eigenvalue weighted by molar-refractivity contribution is 5.95. The fourth-order valence-corrected chi connectivity index (χ4v) is 3.00. The van der Waals surface area contributed by atoms with Gasteiger partial charge in [-0.15, -0.1) is 0 Å². The van der Waals surface area contributed by atoms with Crippen LogP contribution in [0.25, 0.3) is 0 Å². The Balaban J connectivity index is 1.62. The Kier molecular flexibility index (Phi) is 3.36. The average Bonchev–Trinajstić information content (AvgIpc) is 3.08. The average molecular weight is 319 g/mol. The summed E-state index contributed by atoms with van der Waals surface area (Å²) in [6.07, 6.45) is 3.47. The molecule has 1 aromatic carbocycles. The van der Waals surface area contributed by atoms with Gasteiger partial charge in [-0.25, -0.2) is 8.78 Å². The van der Waals surface area contributed by atoms with Gasteiger partial charge in [0, 0.05) is 12.5 Å². The second-order valence-corrected chi connectivity index (χ2v) is 6.02. The van der Waals surface area contributed by atoms with Crippen molar-refractivity contribution in [1.29, 1.82) is 0 Å². The Hall–Kier alpha value is -2.31. The molecule has 0 radical (unpaired) electrons. The van der Waals surface area contributed by atoms with Crippen molar-refractivity contribution in [2.24, 2.45) is 0 Å². The van der Waals surface area contributed by atoms with Crippen LogP contribution in [-0.2, 0) is 0 Å². The molecule has 2 heterocycles. The molecule has 1 aliphatic carbocycles. The van der Waals surface area contributed by atoms with Gasteiger partial charge >= 0.3 is 0 Å². The Bertz CT molecular complexity index is 737. The van der Waals surface area contributed by atoms with Crippen LogP contribution in [0.1, 0.15) is 59.7 Å². The lowest BCUT2D eigenvalue weighted by atomic mass is 10.1. The first-order valence-corrected chi connectivity index (χ1v) is 7.73. The van der Waals surface area contributed by atoms with Gasteiger partial charge < -0.3 is 9.42 Å². The fourth-order valence-electron chi connectivity index (χ4n) is 3.00. The molecule has 1 unspecified atom stereocenters. The number of benzene rings is 1. The third-order valence-electron chi connectivity index (χ3n) is 4.38. The number of amides is 1. The third-order valence-corrected chi connectivity index (χ3v) is 4.38. The van der Waals surface area contributed by atoms with Gasteiger partial charge in [0.15, 0.2) is 5.82 Å². The van der Waals surface area contributed by atoms with Gasteiger partial charge in [-0.2, -0.15) is 4.98 Å². The number of hydrogen-bond acceptors (Lipinski definition) is 4. The number of likely N-dealkylation sites (tertiary alicyclic amines) is 1.